The first-order chi connectivity index (χ1) is 11.7. The van der Waals surface area contributed by atoms with Gasteiger partial charge >= 0.3 is 0 Å². The van der Waals surface area contributed by atoms with Crippen molar-refractivity contribution >= 4 is 35.8 Å². The summed E-state index contributed by atoms with van der Waals surface area (Å²) in [6, 6.07) is 6.64. The number of aliphatic imine (C=N–C) groups is 1. The van der Waals surface area contributed by atoms with Crippen LogP contribution in [0.4, 0.5) is 4.39 Å². The second kappa shape index (κ2) is 12.1. The molecule has 1 fully saturated rings. The fraction of sp³-hybridized carbons (Fsp3) is 0.556. The summed E-state index contributed by atoms with van der Waals surface area (Å²) in [4.78, 5) is 15.9. The molecule has 1 aliphatic rings. The molecule has 0 atom stereocenters. The lowest BCUT2D eigenvalue weighted by molar-refractivity contribution is -0.121. The van der Waals surface area contributed by atoms with Gasteiger partial charge in [-0.1, -0.05) is 31.0 Å². The second-order valence-corrected chi connectivity index (χ2v) is 6.15. The number of hydrogen-bond donors (Lipinski definition) is 3. The fourth-order valence-corrected chi connectivity index (χ4v) is 2.97. The maximum absolute atomic E-state index is 13.6. The Morgan fingerprint density at radius 1 is 1.16 bits per heavy atom. The van der Waals surface area contributed by atoms with Gasteiger partial charge in [0.2, 0.25) is 5.91 Å². The third-order valence-electron chi connectivity index (χ3n) is 4.32. The van der Waals surface area contributed by atoms with Gasteiger partial charge in [0.25, 0.3) is 0 Å². The van der Waals surface area contributed by atoms with Crippen LogP contribution in [0.15, 0.2) is 29.3 Å². The van der Waals surface area contributed by atoms with Gasteiger partial charge in [-0.25, -0.2) is 4.39 Å². The van der Waals surface area contributed by atoms with E-state index in [1.54, 1.807) is 25.2 Å². The summed E-state index contributed by atoms with van der Waals surface area (Å²) in [6.45, 7) is 1.49. The second-order valence-electron chi connectivity index (χ2n) is 6.15. The Morgan fingerprint density at radius 3 is 2.52 bits per heavy atom. The maximum atomic E-state index is 13.6. The van der Waals surface area contributed by atoms with Crippen molar-refractivity contribution in [2.75, 3.05) is 20.1 Å². The number of rotatable bonds is 7. The Kier molecular flexibility index (Phi) is 10.4. The quantitative estimate of drug-likeness (QED) is 0.253. The van der Waals surface area contributed by atoms with Crippen LogP contribution in [0.25, 0.3) is 0 Å². The molecule has 0 unspecified atom stereocenters. The molecule has 0 heterocycles. The summed E-state index contributed by atoms with van der Waals surface area (Å²) in [7, 11) is 1.66. The molecule has 0 radical (unpaired) electrons. The van der Waals surface area contributed by atoms with E-state index in [9.17, 15) is 9.18 Å². The largest absolute Gasteiger partial charge is 0.355 e. The van der Waals surface area contributed by atoms with E-state index in [1.807, 2.05) is 0 Å². The number of nitrogens with zero attached hydrogens (tertiary/aromatic N) is 1. The van der Waals surface area contributed by atoms with E-state index in [2.05, 4.69) is 20.9 Å². The first-order valence-corrected chi connectivity index (χ1v) is 8.63. The highest BCUT2D eigenvalue weighted by molar-refractivity contribution is 14.0. The molecule has 1 aromatic rings. The van der Waals surface area contributed by atoms with Crippen LogP contribution in [0, 0.1) is 11.7 Å². The first kappa shape index (κ1) is 21.7. The first-order valence-electron chi connectivity index (χ1n) is 8.63. The van der Waals surface area contributed by atoms with E-state index in [0.29, 0.717) is 43.5 Å². The van der Waals surface area contributed by atoms with Crippen LogP contribution in [-0.4, -0.2) is 32.0 Å². The Labute approximate surface area is 166 Å². The smallest absolute Gasteiger partial charge is 0.220 e. The van der Waals surface area contributed by atoms with Crippen molar-refractivity contribution in [2.24, 2.45) is 10.9 Å². The van der Waals surface area contributed by atoms with Gasteiger partial charge in [-0.05, 0) is 24.8 Å². The highest BCUT2D eigenvalue weighted by Gasteiger charge is 2.17. The Hall–Kier alpha value is -1.38. The molecule has 1 aromatic carbocycles. The van der Waals surface area contributed by atoms with Crippen LogP contribution in [0.3, 0.4) is 0 Å². The van der Waals surface area contributed by atoms with Crippen molar-refractivity contribution in [1.82, 2.24) is 16.0 Å². The summed E-state index contributed by atoms with van der Waals surface area (Å²) < 4.78 is 13.6. The number of benzene rings is 1. The molecule has 0 aliphatic heterocycles. The number of guanidine groups is 1. The molecule has 1 saturated carbocycles. The number of amides is 1. The molecule has 0 saturated heterocycles. The van der Waals surface area contributed by atoms with Crippen molar-refractivity contribution < 1.29 is 9.18 Å². The van der Waals surface area contributed by atoms with Gasteiger partial charge < -0.3 is 16.0 Å². The molecule has 0 spiro atoms. The van der Waals surface area contributed by atoms with E-state index < -0.39 is 0 Å². The lowest BCUT2D eigenvalue weighted by Crippen LogP contribution is -2.41. The molecule has 0 bridgehead atoms. The Morgan fingerprint density at radius 2 is 1.84 bits per heavy atom. The molecule has 1 aliphatic carbocycles. The van der Waals surface area contributed by atoms with Crippen molar-refractivity contribution in [1.29, 1.82) is 0 Å². The van der Waals surface area contributed by atoms with Crippen LogP contribution >= 0.6 is 24.0 Å². The van der Waals surface area contributed by atoms with Crippen LogP contribution in [0.1, 0.15) is 37.7 Å². The summed E-state index contributed by atoms with van der Waals surface area (Å²) >= 11 is 0. The minimum Gasteiger partial charge on any atom is -0.355 e. The molecule has 1 amide bonds. The van der Waals surface area contributed by atoms with Gasteiger partial charge in [0.15, 0.2) is 5.96 Å². The average Bonchev–Trinajstić information content (AvgIpc) is 3.08. The third kappa shape index (κ3) is 8.02. The molecule has 5 nitrogen and oxygen atoms in total. The molecule has 2 rings (SSSR count). The third-order valence-corrected chi connectivity index (χ3v) is 4.32. The van der Waals surface area contributed by atoms with E-state index in [0.717, 1.165) is 0 Å². The van der Waals surface area contributed by atoms with Gasteiger partial charge in [0.1, 0.15) is 5.82 Å². The Balaban J connectivity index is 0.00000312. The molecule has 3 N–H and O–H groups in total. The monoisotopic (exact) mass is 462 g/mol. The van der Waals surface area contributed by atoms with E-state index in [4.69, 9.17) is 0 Å². The van der Waals surface area contributed by atoms with Crippen LogP contribution in [0.2, 0.25) is 0 Å². The lowest BCUT2D eigenvalue weighted by Gasteiger charge is -2.13. The molecule has 7 heteroatoms. The summed E-state index contributed by atoms with van der Waals surface area (Å²) in [5.41, 5.74) is 0.588. The molecule has 140 valence electrons. The van der Waals surface area contributed by atoms with E-state index in [1.165, 1.54) is 31.7 Å². The van der Waals surface area contributed by atoms with Gasteiger partial charge in [-0.3, -0.25) is 9.79 Å². The van der Waals surface area contributed by atoms with Crippen molar-refractivity contribution in [2.45, 2.75) is 38.6 Å². The maximum Gasteiger partial charge on any atom is 0.220 e. The Bertz CT molecular complexity index is 562. The van der Waals surface area contributed by atoms with Crippen LogP contribution in [-0.2, 0) is 11.3 Å². The van der Waals surface area contributed by atoms with E-state index >= 15 is 0 Å². The number of nitrogens with one attached hydrogen (secondary N) is 3. The van der Waals surface area contributed by atoms with Gasteiger partial charge in [-0.15, -0.1) is 24.0 Å². The van der Waals surface area contributed by atoms with Crippen LogP contribution in [0.5, 0.6) is 0 Å². The molecular formula is C18H28FIN4O. The summed E-state index contributed by atoms with van der Waals surface area (Å²) in [5, 5.41) is 9.10. The topological polar surface area (TPSA) is 65.5 Å². The van der Waals surface area contributed by atoms with Gasteiger partial charge in [0.05, 0.1) is 0 Å². The predicted molar refractivity (Wildman–Crippen MR) is 110 cm³/mol. The highest BCUT2D eigenvalue weighted by atomic mass is 127. The molecule has 0 aromatic heterocycles. The van der Waals surface area contributed by atoms with Gasteiger partial charge in [-0.2, -0.15) is 0 Å². The molecule has 25 heavy (non-hydrogen) atoms. The van der Waals surface area contributed by atoms with Crippen LogP contribution < -0.4 is 16.0 Å². The van der Waals surface area contributed by atoms with Crippen molar-refractivity contribution in [3.05, 3.63) is 35.6 Å². The number of hydrogen-bond acceptors (Lipinski definition) is 2. The SMILES string of the molecule is CN=C(NCCNC(=O)CC1CCCC1)NCc1ccccc1F.I. The van der Waals surface area contributed by atoms with Crippen molar-refractivity contribution in [3.8, 4) is 0 Å². The minimum absolute atomic E-state index is 0. The standard InChI is InChI=1S/C18H27FN4O.HI/c1-20-18(23-13-15-8-4-5-9-16(15)19)22-11-10-21-17(24)12-14-6-2-3-7-14;/h4-5,8-9,14H,2-3,6-7,10-13H2,1H3,(H,21,24)(H2,20,22,23);1H. The zero-order valence-corrected chi connectivity index (χ0v) is 17.0. The van der Waals surface area contributed by atoms with Gasteiger partial charge in [0, 0.05) is 38.7 Å². The average molecular weight is 462 g/mol. The number of halogens is 2. The number of carbonyl (C=O) groups is 1. The summed E-state index contributed by atoms with van der Waals surface area (Å²) in [6.07, 6.45) is 5.50. The number of carbonyl (C=O) groups excluding carboxylic acids is 1. The fourth-order valence-electron chi connectivity index (χ4n) is 2.97. The highest BCUT2D eigenvalue weighted by Crippen LogP contribution is 2.27. The minimum atomic E-state index is -0.236. The zero-order chi connectivity index (χ0) is 17.2. The van der Waals surface area contributed by atoms with Crippen molar-refractivity contribution in [3.63, 3.8) is 0 Å². The van der Waals surface area contributed by atoms with E-state index in [-0.39, 0.29) is 35.7 Å². The normalized spacial score (nSPS) is 14.7. The lowest BCUT2D eigenvalue weighted by atomic mass is 10.0. The summed E-state index contributed by atoms with van der Waals surface area (Å²) in [5.74, 6) is 1.04. The predicted octanol–water partition coefficient (Wildman–Crippen LogP) is 2.81. The zero-order valence-electron chi connectivity index (χ0n) is 14.7. The molecular weight excluding hydrogens is 434 g/mol.